The van der Waals surface area contributed by atoms with Crippen LogP contribution in [0.15, 0.2) is 12.4 Å². The van der Waals surface area contributed by atoms with Gasteiger partial charge in [-0.15, -0.1) is 12.4 Å². The number of alkyl halides is 3. The first-order chi connectivity index (χ1) is 10.5. The van der Waals surface area contributed by atoms with Gasteiger partial charge in [-0.2, -0.15) is 13.2 Å². The fraction of sp³-hybridized carbons (Fsp3) is 0.556. The third kappa shape index (κ3) is 3.44. The largest absolute Gasteiger partial charge is 0.419 e. The standard InChI is InChI=1S/C9H11F3N4.ClH/c10-9(11,12)7-5-14-8(15-6-7)16-3-1-13-2-4-16;/h5-6,13H,1-4H2;1H/i1D2,2D2,3D2,4D2;. The quantitative estimate of drug-likeness (QED) is 0.840. The number of anilines is 1. The number of hydrogen-bond acceptors (Lipinski definition) is 4. The molecule has 0 spiro atoms. The molecule has 4 nitrogen and oxygen atoms in total. The molecule has 17 heavy (non-hydrogen) atoms. The predicted molar refractivity (Wildman–Crippen MR) is 59.4 cm³/mol. The van der Waals surface area contributed by atoms with Crippen molar-refractivity contribution in [1.82, 2.24) is 15.3 Å². The van der Waals surface area contributed by atoms with Gasteiger partial charge in [0.2, 0.25) is 5.95 Å². The highest BCUT2D eigenvalue weighted by molar-refractivity contribution is 5.85. The van der Waals surface area contributed by atoms with Crippen molar-refractivity contribution >= 4 is 18.4 Å². The molecule has 1 aliphatic heterocycles. The Bertz CT molecular complexity index is 613. The van der Waals surface area contributed by atoms with Crippen molar-refractivity contribution in [3.8, 4) is 0 Å². The molecule has 0 aliphatic carbocycles. The first kappa shape index (κ1) is 6.19. The van der Waals surface area contributed by atoms with E-state index in [2.05, 4.69) is 9.97 Å². The molecular formula is C9H12ClF3N4. The average molecular weight is 277 g/mol. The van der Waals surface area contributed by atoms with Crippen molar-refractivity contribution in [2.75, 3.05) is 30.9 Å². The zero-order valence-corrected chi connectivity index (χ0v) is 8.85. The lowest BCUT2D eigenvalue weighted by Crippen LogP contribution is -2.44. The van der Waals surface area contributed by atoms with E-state index in [9.17, 15) is 13.2 Å². The van der Waals surface area contributed by atoms with Crippen LogP contribution in [0.25, 0.3) is 0 Å². The summed E-state index contributed by atoms with van der Waals surface area (Å²) in [7, 11) is 0. The highest BCUT2D eigenvalue weighted by atomic mass is 35.5. The fourth-order valence-corrected chi connectivity index (χ4v) is 0.910. The van der Waals surface area contributed by atoms with Gasteiger partial charge in [-0.25, -0.2) is 9.97 Å². The maximum atomic E-state index is 12.5. The molecule has 2 heterocycles. The van der Waals surface area contributed by atoms with Gasteiger partial charge in [0.1, 0.15) is 0 Å². The van der Waals surface area contributed by atoms with Crippen LogP contribution >= 0.6 is 12.4 Å². The lowest BCUT2D eigenvalue weighted by molar-refractivity contribution is -0.138. The molecule has 0 atom stereocenters. The van der Waals surface area contributed by atoms with Gasteiger partial charge < -0.3 is 10.2 Å². The molecule has 1 saturated heterocycles. The number of rotatable bonds is 1. The van der Waals surface area contributed by atoms with Gasteiger partial charge in [-0.3, -0.25) is 0 Å². The summed E-state index contributed by atoms with van der Waals surface area (Å²) >= 11 is 0. The monoisotopic (exact) mass is 276 g/mol. The summed E-state index contributed by atoms with van der Waals surface area (Å²) in [6.45, 7) is -12.6. The summed E-state index contributed by atoms with van der Waals surface area (Å²) in [6.07, 6.45) is -4.22. The lowest BCUT2D eigenvalue weighted by atomic mass is 10.3. The van der Waals surface area contributed by atoms with Crippen molar-refractivity contribution < 1.29 is 24.1 Å². The maximum Gasteiger partial charge on any atom is 0.419 e. The van der Waals surface area contributed by atoms with Crippen LogP contribution < -0.4 is 10.2 Å². The number of nitrogens with zero attached hydrogens (tertiary/aromatic N) is 3. The molecule has 0 saturated carbocycles. The number of nitrogens with one attached hydrogen (secondary N) is 1. The van der Waals surface area contributed by atoms with Crippen LogP contribution in [0.5, 0.6) is 0 Å². The zero-order chi connectivity index (χ0) is 18.8. The van der Waals surface area contributed by atoms with E-state index in [0.29, 0.717) is 0 Å². The van der Waals surface area contributed by atoms with E-state index >= 15 is 0 Å². The minimum atomic E-state index is -4.77. The molecule has 1 aromatic rings. The molecule has 0 unspecified atom stereocenters. The Kier molecular flexibility index (Phi) is 2.01. The van der Waals surface area contributed by atoms with Gasteiger partial charge in [0.15, 0.2) is 0 Å². The summed E-state index contributed by atoms with van der Waals surface area (Å²) in [5, 5.41) is 1.59. The topological polar surface area (TPSA) is 41.0 Å². The normalized spacial score (nSPS) is 35.4. The van der Waals surface area contributed by atoms with Gasteiger partial charge in [0.05, 0.1) is 11.0 Å². The summed E-state index contributed by atoms with van der Waals surface area (Å²) in [5.41, 5.74) is -1.27. The van der Waals surface area contributed by atoms with Crippen molar-refractivity contribution in [3.63, 3.8) is 0 Å². The zero-order valence-electron chi connectivity index (χ0n) is 16.0. The molecule has 8 heteroatoms. The van der Waals surface area contributed by atoms with Crippen LogP contribution in [0.3, 0.4) is 0 Å². The van der Waals surface area contributed by atoms with E-state index in [4.69, 9.17) is 11.0 Å². The predicted octanol–water partition coefficient (Wildman–Crippen LogP) is 1.33. The minimum Gasteiger partial charge on any atom is -0.338 e. The second-order valence-corrected chi connectivity index (χ2v) is 2.70. The molecule has 1 aromatic heterocycles. The van der Waals surface area contributed by atoms with Gasteiger partial charge in [0.25, 0.3) is 0 Å². The second-order valence-electron chi connectivity index (χ2n) is 2.70. The summed E-state index contributed by atoms with van der Waals surface area (Å²) in [4.78, 5) is 6.44. The molecule has 1 aliphatic rings. The summed E-state index contributed by atoms with van der Waals surface area (Å²) in [5.74, 6) is -0.924. The molecule has 1 N–H and O–H groups in total. The van der Waals surface area contributed by atoms with Crippen LogP contribution in [0.4, 0.5) is 19.1 Å². The van der Waals surface area contributed by atoms with Crippen molar-refractivity contribution in [2.24, 2.45) is 0 Å². The van der Waals surface area contributed by atoms with E-state index in [1.165, 1.54) is 0 Å². The molecule has 2 rings (SSSR count). The van der Waals surface area contributed by atoms with Gasteiger partial charge in [-0.1, -0.05) is 0 Å². The Labute approximate surface area is 114 Å². The lowest BCUT2D eigenvalue weighted by Gasteiger charge is -2.27. The van der Waals surface area contributed by atoms with Crippen LogP contribution in [-0.2, 0) is 6.18 Å². The maximum absolute atomic E-state index is 12.5. The van der Waals surface area contributed by atoms with Crippen LogP contribution in [0.1, 0.15) is 16.5 Å². The van der Waals surface area contributed by atoms with Crippen LogP contribution in [0, 0.1) is 0 Å². The van der Waals surface area contributed by atoms with Gasteiger partial charge in [-0.05, 0) is 0 Å². The third-order valence-corrected chi connectivity index (χ3v) is 1.63. The molecule has 0 aromatic carbocycles. The molecule has 0 amide bonds. The van der Waals surface area contributed by atoms with Gasteiger partial charge >= 0.3 is 6.18 Å². The molecule has 0 bridgehead atoms. The smallest absolute Gasteiger partial charge is 0.338 e. The SMILES string of the molecule is Cl.[2H]C1([2H])NC([2H])([2H])C([2H])([2H])N(c2ncc(C(F)(F)F)cn2)C1([2H])[2H]. The van der Waals surface area contributed by atoms with E-state index in [1.807, 2.05) is 0 Å². The van der Waals surface area contributed by atoms with Gasteiger partial charge in [0, 0.05) is 43.9 Å². The van der Waals surface area contributed by atoms with Crippen LogP contribution in [0.2, 0.25) is 0 Å². The highest BCUT2D eigenvalue weighted by Gasteiger charge is 2.31. The minimum absolute atomic E-state index is 0. The molecular weight excluding hydrogens is 257 g/mol. The van der Waals surface area contributed by atoms with Crippen molar-refractivity contribution in [1.29, 1.82) is 0 Å². The first-order valence-electron chi connectivity index (χ1n) is 8.03. The Balaban J connectivity index is 0.00000312. The van der Waals surface area contributed by atoms with Crippen LogP contribution in [-0.4, -0.2) is 36.0 Å². The fourth-order valence-electron chi connectivity index (χ4n) is 0.910. The van der Waals surface area contributed by atoms with E-state index in [-0.39, 0.29) is 29.7 Å². The molecule has 1 fully saturated rings. The highest BCUT2D eigenvalue weighted by Crippen LogP contribution is 2.28. The van der Waals surface area contributed by atoms with E-state index in [0.717, 1.165) is 0 Å². The van der Waals surface area contributed by atoms with Crippen molar-refractivity contribution in [2.45, 2.75) is 6.18 Å². The average Bonchev–Trinajstić information content (AvgIpc) is 2.34. The number of hydrogen-bond donors (Lipinski definition) is 1. The Hall–Kier alpha value is -1.08. The number of halogens is 4. The van der Waals surface area contributed by atoms with E-state index in [1.54, 1.807) is 5.32 Å². The Morgan fingerprint density at radius 1 is 1.24 bits per heavy atom. The number of aromatic nitrogens is 2. The summed E-state index contributed by atoms with van der Waals surface area (Å²) in [6, 6.07) is 0. The third-order valence-electron chi connectivity index (χ3n) is 1.63. The Morgan fingerprint density at radius 2 is 1.76 bits per heavy atom. The molecule has 96 valence electrons. The Morgan fingerprint density at radius 3 is 2.24 bits per heavy atom. The first-order valence-corrected chi connectivity index (χ1v) is 4.03. The summed E-state index contributed by atoms with van der Waals surface area (Å²) < 4.78 is 99.1. The molecule has 0 radical (unpaired) electrons. The number of piperazine rings is 1. The van der Waals surface area contributed by atoms with Crippen molar-refractivity contribution in [3.05, 3.63) is 18.0 Å². The second kappa shape index (κ2) is 5.50. The van der Waals surface area contributed by atoms with E-state index < -0.39 is 43.7 Å².